The van der Waals surface area contributed by atoms with Gasteiger partial charge < -0.3 is 25.7 Å². The maximum atomic E-state index is 13.2. The summed E-state index contributed by atoms with van der Waals surface area (Å²) in [6, 6.07) is 21.8. The highest BCUT2D eigenvalue weighted by molar-refractivity contribution is 5.93. The smallest absolute Gasteiger partial charge is 0.328 e. The fourth-order valence-corrected chi connectivity index (χ4v) is 5.70. The van der Waals surface area contributed by atoms with Gasteiger partial charge in [0.15, 0.2) is 0 Å². The van der Waals surface area contributed by atoms with E-state index in [2.05, 4.69) is 20.9 Å². The molecule has 0 saturated heterocycles. The van der Waals surface area contributed by atoms with E-state index in [1.165, 1.54) is 14.0 Å². The zero-order chi connectivity index (χ0) is 30.3. The van der Waals surface area contributed by atoms with Gasteiger partial charge in [-0.1, -0.05) is 66.7 Å². The minimum atomic E-state index is -0.871. The number of esters is 1. The van der Waals surface area contributed by atoms with E-state index in [9.17, 15) is 19.2 Å². The molecule has 3 aromatic carbocycles. The van der Waals surface area contributed by atoms with Gasteiger partial charge in [0.2, 0.25) is 17.7 Å². The van der Waals surface area contributed by atoms with Crippen LogP contribution in [-0.2, 0) is 49.6 Å². The summed E-state index contributed by atoms with van der Waals surface area (Å²) in [5, 5.41) is 9.62. The van der Waals surface area contributed by atoms with Gasteiger partial charge in [-0.3, -0.25) is 14.4 Å². The van der Waals surface area contributed by atoms with Crippen LogP contribution in [0.1, 0.15) is 35.6 Å². The van der Waals surface area contributed by atoms with Gasteiger partial charge in [-0.2, -0.15) is 0 Å². The number of rotatable bonds is 2. The molecule has 2 aliphatic heterocycles. The molecule has 3 heterocycles. The molecule has 1 aromatic heterocycles. The van der Waals surface area contributed by atoms with Crippen molar-refractivity contribution in [2.24, 2.45) is 0 Å². The zero-order valence-electron chi connectivity index (χ0n) is 24.4. The first-order chi connectivity index (χ1) is 20.8. The lowest BCUT2D eigenvalue weighted by Crippen LogP contribution is -2.47. The Morgan fingerprint density at radius 3 is 2.28 bits per heavy atom. The number of aromatic amines is 1. The van der Waals surface area contributed by atoms with Crippen molar-refractivity contribution >= 4 is 34.6 Å². The summed E-state index contributed by atoms with van der Waals surface area (Å²) < 4.78 is 5.10. The molecular weight excluding hydrogens is 544 g/mol. The Morgan fingerprint density at radius 2 is 1.56 bits per heavy atom. The summed E-state index contributed by atoms with van der Waals surface area (Å²) in [6.07, 6.45) is 1.80. The van der Waals surface area contributed by atoms with Crippen LogP contribution in [0, 0.1) is 0 Å². The Bertz CT molecular complexity index is 1640. The Kier molecular flexibility index (Phi) is 9.20. The highest BCUT2D eigenvalue weighted by atomic mass is 16.5. The Labute approximate surface area is 250 Å². The van der Waals surface area contributed by atoms with Crippen molar-refractivity contribution in [3.8, 4) is 11.3 Å². The van der Waals surface area contributed by atoms with Crippen molar-refractivity contribution in [3.63, 3.8) is 0 Å². The molecule has 2 atom stereocenters. The molecule has 222 valence electrons. The summed E-state index contributed by atoms with van der Waals surface area (Å²) >= 11 is 0. The van der Waals surface area contributed by atoms with E-state index < -0.39 is 18.1 Å². The number of fused-ring (bicyclic) bond motifs is 13. The van der Waals surface area contributed by atoms with Crippen molar-refractivity contribution in [1.82, 2.24) is 20.9 Å². The number of amides is 3. The number of carbonyl (C=O) groups excluding carboxylic acids is 4. The van der Waals surface area contributed by atoms with Crippen molar-refractivity contribution < 1.29 is 23.9 Å². The van der Waals surface area contributed by atoms with Crippen LogP contribution < -0.4 is 16.0 Å². The first kappa shape index (κ1) is 29.6. The molecule has 0 aliphatic carbocycles. The minimum Gasteiger partial charge on any atom is -0.467 e. The second-order valence-electron chi connectivity index (χ2n) is 10.8. The maximum Gasteiger partial charge on any atom is 0.328 e. The molecule has 2 aliphatic rings. The van der Waals surface area contributed by atoms with Crippen molar-refractivity contribution in [1.29, 1.82) is 0 Å². The first-order valence-corrected chi connectivity index (χ1v) is 14.5. The van der Waals surface area contributed by atoms with Crippen LogP contribution in [-0.4, -0.2) is 54.4 Å². The molecule has 4 aromatic rings. The fraction of sp³-hybridized carbons (Fsp3) is 0.294. The first-order valence-electron chi connectivity index (χ1n) is 14.5. The van der Waals surface area contributed by atoms with E-state index in [-0.39, 0.29) is 30.6 Å². The Morgan fingerprint density at radius 1 is 0.860 bits per heavy atom. The van der Waals surface area contributed by atoms with Crippen LogP contribution in [0.4, 0.5) is 0 Å². The Balaban J connectivity index is 1.54. The van der Waals surface area contributed by atoms with Gasteiger partial charge in [0.25, 0.3) is 0 Å². The number of benzene rings is 3. The second-order valence-corrected chi connectivity index (χ2v) is 10.8. The Hall–Kier alpha value is -4.92. The molecule has 3 amide bonds. The van der Waals surface area contributed by atoms with Gasteiger partial charge in [0.05, 0.1) is 7.11 Å². The number of para-hydroxylation sites is 1. The summed E-state index contributed by atoms with van der Waals surface area (Å²) in [7, 11) is 1.32. The number of hydrogen-bond donors (Lipinski definition) is 4. The highest BCUT2D eigenvalue weighted by Gasteiger charge is 2.26. The van der Waals surface area contributed by atoms with Gasteiger partial charge in [-0.25, -0.2) is 4.79 Å². The third kappa shape index (κ3) is 7.12. The fourth-order valence-electron chi connectivity index (χ4n) is 5.70. The third-order valence-corrected chi connectivity index (χ3v) is 7.85. The highest BCUT2D eigenvalue weighted by Crippen LogP contribution is 2.32. The van der Waals surface area contributed by atoms with Crippen LogP contribution in [0.2, 0.25) is 0 Å². The normalized spacial score (nSPS) is 18.1. The second kappa shape index (κ2) is 13.4. The minimum absolute atomic E-state index is 0.184. The lowest BCUT2D eigenvalue weighted by Gasteiger charge is -2.19. The van der Waals surface area contributed by atoms with Crippen LogP contribution in [0.5, 0.6) is 0 Å². The number of methoxy groups -OCH3 is 1. The number of carbonyl (C=O) groups is 4. The molecule has 6 rings (SSSR count). The number of ether oxygens (including phenoxy) is 1. The molecule has 4 N–H and O–H groups in total. The summed E-state index contributed by atoms with van der Waals surface area (Å²) in [5.41, 5.74) is 6.40. The molecule has 0 unspecified atom stereocenters. The van der Waals surface area contributed by atoms with Crippen molar-refractivity contribution in [3.05, 3.63) is 95.1 Å². The molecule has 0 radical (unpaired) electrons. The third-order valence-electron chi connectivity index (χ3n) is 7.85. The number of H-pyrrole nitrogens is 1. The lowest BCUT2D eigenvalue weighted by atomic mass is 9.96. The zero-order valence-corrected chi connectivity index (χ0v) is 24.4. The number of aryl methyl sites for hydroxylation is 1. The average Bonchev–Trinajstić information content (AvgIpc) is 3.37. The standard InChI is InChI=1S/C34H36N4O5/c1-21(39)36-29-19-22-11-13-25(14-12-22)32-27(26-9-5-6-10-28(26)38-32)20-30(34(42)43-2)37-31(40)16-15-23-7-3-4-8-24(23)17-18-35-33(29)41/h3-14,29-30,38H,15-20H2,1-2H3,(H,35,41)(H,36,39)(H,37,40)/t29-,30-/m0/s1. The van der Waals surface area contributed by atoms with Crippen LogP contribution in [0.15, 0.2) is 72.8 Å². The molecule has 0 spiro atoms. The van der Waals surface area contributed by atoms with E-state index in [1.807, 2.05) is 72.8 Å². The topological polar surface area (TPSA) is 129 Å². The van der Waals surface area contributed by atoms with Crippen LogP contribution in [0.25, 0.3) is 22.2 Å². The van der Waals surface area contributed by atoms with Gasteiger partial charge in [-0.15, -0.1) is 0 Å². The summed E-state index contributed by atoms with van der Waals surface area (Å²) in [4.78, 5) is 54.7. The average molecular weight is 581 g/mol. The summed E-state index contributed by atoms with van der Waals surface area (Å²) in [6.45, 7) is 1.78. The largest absolute Gasteiger partial charge is 0.467 e. The predicted octanol–water partition coefficient (Wildman–Crippen LogP) is 3.39. The van der Waals surface area contributed by atoms with Gasteiger partial charge >= 0.3 is 5.97 Å². The van der Waals surface area contributed by atoms with Crippen LogP contribution in [0.3, 0.4) is 0 Å². The van der Waals surface area contributed by atoms with Crippen LogP contribution >= 0.6 is 0 Å². The molecule has 9 heteroatoms. The summed E-state index contributed by atoms with van der Waals surface area (Å²) in [5.74, 6) is -1.30. The quantitative estimate of drug-likeness (QED) is 0.270. The monoisotopic (exact) mass is 580 g/mol. The molecule has 9 nitrogen and oxygen atoms in total. The van der Waals surface area contributed by atoms with E-state index in [1.54, 1.807) is 0 Å². The SMILES string of the molecule is COC(=O)[C@@H]1Cc2c([nH]c3ccccc23)-c2ccc(cc2)C[C@H](NC(C)=O)C(=O)NCCc2ccccc2CCC(=O)N1. The lowest BCUT2D eigenvalue weighted by molar-refractivity contribution is -0.145. The van der Waals surface area contributed by atoms with E-state index >= 15 is 0 Å². The molecular formula is C34H36N4O5. The number of nitrogens with one attached hydrogen (secondary N) is 4. The van der Waals surface area contributed by atoms with E-state index in [4.69, 9.17) is 4.74 Å². The molecule has 0 fully saturated rings. The number of aromatic nitrogens is 1. The predicted molar refractivity (Wildman–Crippen MR) is 164 cm³/mol. The molecule has 0 saturated carbocycles. The molecule has 2 bridgehead atoms. The number of hydrogen-bond acceptors (Lipinski definition) is 5. The van der Waals surface area contributed by atoms with E-state index in [0.29, 0.717) is 25.8 Å². The van der Waals surface area contributed by atoms with Gasteiger partial charge in [0, 0.05) is 49.3 Å². The molecule has 43 heavy (non-hydrogen) atoms. The maximum absolute atomic E-state index is 13.2. The van der Waals surface area contributed by atoms with Crippen molar-refractivity contribution in [2.45, 2.75) is 51.1 Å². The van der Waals surface area contributed by atoms with E-state index in [0.717, 1.165) is 44.4 Å². The van der Waals surface area contributed by atoms with Gasteiger partial charge in [-0.05, 0) is 46.7 Å². The van der Waals surface area contributed by atoms with Gasteiger partial charge in [0.1, 0.15) is 12.1 Å². The van der Waals surface area contributed by atoms with Crippen molar-refractivity contribution in [2.75, 3.05) is 13.7 Å².